The van der Waals surface area contributed by atoms with E-state index in [1.54, 1.807) is 22.6 Å². The van der Waals surface area contributed by atoms with E-state index >= 15 is 0 Å². The van der Waals surface area contributed by atoms with Gasteiger partial charge in [0.05, 0.1) is 15.2 Å². The number of nitrogens with one attached hydrogen (secondary N) is 1. The van der Waals surface area contributed by atoms with Gasteiger partial charge in [-0.15, -0.1) is 0 Å². The Hall–Kier alpha value is -0.720. The molecule has 1 saturated heterocycles. The summed E-state index contributed by atoms with van der Waals surface area (Å²) < 4.78 is 6.47. The lowest BCUT2D eigenvalue weighted by atomic mass is 10.1. The molecule has 0 radical (unpaired) electrons. The van der Waals surface area contributed by atoms with E-state index in [1.807, 2.05) is 0 Å². The molecule has 0 aromatic carbocycles. The highest BCUT2D eigenvalue weighted by Gasteiger charge is 2.43. The summed E-state index contributed by atoms with van der Waals surface area (Å²) in [6.45, 7) is -0.515. The number of ether oxygens (including phenoxy) is 1. The summed E-state index contributed by atoms with van der Waals surface area (Å²) in [4.78, 5) is 25.5. The van der Waals surface area contributed by atoms with E-state index < -0.39 is 42.4 Å². The zero-order valence-corrected chi connectivity index (χ0v) is 13.4. The predicted octanol–water partition coefficient (Wildman–Crippen LogP) is -0.880. The van der Waals surface area contributed by atoms with Crippen LogP contribution in [0.1, 0.15) is 11.8 Å². The number of aromatic nitrogens is 2. The minimum atomic E-state index is -1.42. The lowest BCUT2D eigenvalue weighted by Gasteiger charge is -2.17. The van der Waals surface area contributed by atoms with Crippen molar-refractivity contribution in [3.8, 4) is 0 Å². The molecule has 1 aromatic heterocycles. The smallest absolute Gasteiger partial charge is 0.330 e. The molecule has 0 amide bonds. The van der Waals surface area contributed by atoms with Crippen molar-refractivity contribution in [3.63, 3.8) is 0 Å². The van der Waals surface area contributed by atoms with Gasteiger partial charge in [0.15, 0.2) is 6.23 Å². The highest BCUT2D eigenvalue weighted by atomic mass is 127. The molecular weight excluding hydrogens is 418 g/mol. The Morgan fingerprint density at radius 2 is 2.14 bits per heavy atom. The van der Waals surface area contributed by atoms with Gasteiger partial charge in [0.2, 0.25) is 0 Å². The van der Waals surface area contributed by atoms with Crippen LogP contribution >= 0.6 is 34.2 Å². The Morgan fingerprint density at radius 3 is 2.67 bits per heavy atom. The molecule has 21 heavy (non-hydrogen) atoms. The van der Waals surface area contributed by atoms with Gasteiger partial charge in [0.1, 0.15) is 18.3 Å². The van der Waals surface area contributed by atoms with Crippen molar-refractivity contribution in [2.45, 2.75) is 24.5 Å². The summed E-state index contributed by atoms with van der Waals surface area (Å²) in [5.41, 5.74) is -1.36. The highest BCUT2D eigenvalue weighted by Crippen LogP contribution is 2.28. The molecule has 1 aromatic rings. The second kappa shape index (κ2) is 6.58. The Balaban J connectivity index is 2.48. The van der Waals surface area contributed by atoms with E-state index in [1.165, 1.54) is 12.3 Å². The summed E-state index contributed by atoms with van der Waals surface area (Å²) in [6.07, 6.45) is -2.50. The van der Waals surface area contributed by atoms with Gasteiger partial charge in [-0.2, -0.15) is 0 Å². The number of nitrogens with zero attached hydrogens (tertiary/aromatic N) is 1. The third-order valence-corrected chi connectivity index (χ3v) is 3.47. The number of H-pyrrole nitrogens is 1. The van der Waals surface area contributed by atoms with Crippen LogP contribution in [0.5, 0.6) is 0 Å². The van der Waals surface area contributed by atoms with Crippen molar-refractivity contribution < 1.29 is 20.1 Å². The topological polar surface area (TPSA) is 125 Å². The maximum atomic E-state index is 11.8. The minimum absolute atomic E-state index is 0.0896. The van der Waals surface area contributed by atoms with Crippen molar-refractivity contribution in [1.29, 1.82) is 0 Å². The first-order valence-corrected chi connectivity index (χ1v) is 7.31. The third kappa shape index (κ3) is 3.38. The van der Waals surface area contributed by atoms with E-state index in [0.29, 0.717) is 3.04 Å². The number of aliphatic hydroxyl groups excluding tert-OH is 3. The van der Waals surface area contributed by atoms with Gasteiger partial charge in [-0.05, 0) is 28.7 Å². The molecule has 1 aliphatic rings. The van der Waals surface area contributed by atoms with Crippen molar-refractivity contribution in [3.05, 3.63) is 35.6 Å². The number of rotatable bonds is 3. The van der Waals surface area contributed by atoms with Crippen LogP contribution in [0.15, 0.2) is 18.8 Å². The van der Waals surface area contributed by atoms with Crippen LogP contribution in [-0.2, 0) is 4.74 Å². The number of halogens is 2. The van der Waals surface area contributed by atoms with Gasteiger partial charge in [-0.1, -0.05) is 11.6 Å². The molecule has 4 atom stereocenters. The van der Waals surface area contributed by atoms with E-state index in [9.17, 15) is 19.8 Å². The van der Waals surface area contributed by atoms with Gasteiger partial charge >= 0.3 is 5.69 Å². The Morgan fingerprint density at radius 1 is 1.48 bits per heavy atom. The average molecular weight is 431 g/mol. The number of aromatic amines is 1. The number of hydrogen-bond donors (Lipinski definition) is 4. The first-order chi connectivity index (χ1) is 9.85. The van der Waals surface area contributed by atoms with Crippen LogP contribution in [0.4, 0.5) is 0 Å². The van der Waals surface area contributed by atoms with Crippen LogP contribution in [0.25, 0.3) is 6.08 Å². The molecular formula is C11H12ClIN2O6. The van der Waals surface area contributed by atoms with Crippen molar-refractivity contribution in [2.24, 2.45) is 0 Å². The van der Waals surface area contributed by atoms with Crippen molar-refractivity contribution in [2.75, 3.05) is 6.61 Å². The average Bonchev–Trinajstić information content (AvgIpc) is 2.69. The largest absolute Gasteiger partial charge is 0.394 e. The van der Waals surface area contributed by atoms with Crippen LogP contribution in [0.3, 0.4) is 0 Å². The quantitative estimate of drug-likeness (QED) is 0.462. The second-order valence-corrected chi connectivity index (χ2v) is 6.62. The molecule has 2 unspecified atom stereocenters. The van der Waals surface area contributed by atoms with Crippen LogP contribution < -0.4 is 11.2 Å². The van der Waals surface area contributed by atoms with Gasteiger partial charge < -0.3 is 20.1 Å². The molecule has 0 bridgehead atoms. The predicted molar refractivity (Wildman–Crippen MR) is 82.2 cm³/mol. The van der Waals surface area contributed by atoms with Crippen LogP contribution in [-0.4, -0.2) is 49.8 Å². The number of hydrogen-bond acceptors (Lipinski definition) is 6. The normalized spacial score (nSPS) is 29.9. The molecule has 8 nitrogen and oxygen atoms in total. The molecule has 116 valence electrons. The van der Waals surface area contributed by atoms with Gasteiger partial charge in [0, 0.05) is 6.20 Å². The maximum Gasteiger partial charge on any atom is 0.330 e. The van der Waals surface area contributed by atoms with E-state index in [2.05, 4.69) is 4.98 Å². The Labute approximate surface area is 136 Å². The Bertz CT molecular complexity index is 667. The maximum absolute atomic E-state index is 11.8. The first-order valence-electron chi connectivity index (χ1n) is 5.85. The highest BCUT2D eigenvalue weighted by molar-refractivity contribution is 14.1. The first kappa shape index (κ1) is 16.6. The zero-order chi connectivity index (χ0) is 15.7. The minimum Gasteiger partial charge on any atom is -0.394 e. The number of aliphatic hydroxyl groups is 3. The third-order valence-electron chi connectivity index (χ3n) is 3.05. The molecule has 2 rings (SSSR count). The van der Waals surface area contributed by atoms with Crippen molar-refractivity contribution in [1.82, 2.24) is 9.55 Å². The molecule has 0 spiro atoms. The molecule has 10 heteroatoms. The molecule has 1 aliphatic heterocycles. The summed E-state index contributed by atoms with van der Waals surface area (Å²) in [5.74, 6) is 0. The van der Waals surface area contributed by atoms with Crippen molar-refractivity contribution >= 4 is 40.3 Å². The fourth-order valence-electron chi connectivity index (χ4n) is 2.02. The van der Waals surface area contributed by atoms with E-state index in [0.717, 1.165) is 4.57 Å². The fraction of sp³-hybridized carbons (Fsp3) is 0.455. The summed E-state index contributed by atoms with van der Waals surface area (Å²) in [6, 6.07) is 0. The van der Waals surface area contributed by atoms with Gasteiger partial charge in [-0.25, -0.2) is 4.79 Å². The molecule has 0 saturated carbocycles. The second-order valence-electron chi connectivity index (χ2n) is 4.41. The van der Waals surface area contributed by atoms with E-state index in [4.69, 9.17) is 21.4 Å². The zero-order valence-electron chi connectivity index (χ0n) is 10.4. The fourth-order valence-corrected chi connectivity index (χ4v) is 2.47. The standard InChI is InChI=1S/C11H12ClIN2O6/c12-6(13)1-4-2-15(11(20)14-9(4)19)10-8(18)7(17)5(3-16)21-10/h1-2,5,7-8,10,16-18H,3H2,(H,14,19,20)/b6-1+/t5-,7?,8?,10-/m0/s1. The van der Waals surface area contributed by atoms with E-state index in [-0.39, 0.29) is 5.56 Å². The SMILES string of the molecule is O=c1[nH]c(=O)n([C@H]2O[C@@H](CO)C(O)C2O)cc1/C=C(\Cl)I. The monoisotopic (exact) mass is 430 g/mol. The van der Waals surface area contributed by atoms with Crippen LogP contribution in [0, 0.1) is 0 Å². The Kier molecular flexibility index (Phi) is 5.22. The van der Waals surface area contributed by atoms with Gasteiger partial charge in [-0.3, -0.25) is 14.3 Å². The van der Waals surface area contributed by atoms with Gasteiger partial charge in [0.25, 0.3) is 5.56 Å². The molecule has 2 heterocycles. The lowest BCUT2D eigenvalue weighted by Crippen LogP contribution is -2.38. The molecule has 1 fully saturated rings. The molecule has 4 N–H and O–H groups in total. The van der Waals surface area contributed by atoms with Crippen LogP contribution in [0.2, 0.25) is 0 Å². The lowest BCUT2D eigenvalue weighted by molar-refractivity contribution is -0.0550. The summed E-state index contributed by atoms with van der Waals surface area (Å²) >= 11 is 7.47. The summed E-state index contributed by atoms with van der Waals surface area (Å²) in [5, 5.41) is 28.6. The molecule has 0 aliphatic carbocycles. The summed E-state index contributed by atoms with van der Waals surface area (Å²) in [7, 11) is 0.